The molecule has 3 aliphatic heterocycles. The van der Waals surface area contributed by atoms with Gasteiger partial charge in [-0.1, -0.05) is 93.4 Å². The largest absolute Gasteiger partial charge is 0.456 e. The number of allylic oxidation sites excluding steroid dienone is 3. The number of methoxy groups -OCH3 is 3. The molecule has 0 aromatic heterocycles. The number of ketones is 2. The lowest BCUT2D eigenvalue weighted by atomic mass is 9.81. The number of esters is 1. The first-order chi connectivity index (χ1) is 31.5. The Hall–Kier alpha value is -2.30. The highest BCUT2D eigenvalue weighted by Crippen LogP contribution is 2.46. The molecule has 1 saturated carbocycles. The molecule has 0 spiro atoms. The highest BCUT2D eigenvalue weighted by atomic mass is 28.4. The van der Waals surface area contributed by atoms with E-state index < -0.39 is 86.3 Å². The Morgan fingerprint density at radius 2 is 1.48 bits per heavy atom. The van der Waals surface area contributed by atoms with E-state index >= 15 is 4.79 Å². The van der Waals surface area contributed by atoms with Crippen molar-refractivity contribution in [2.45, 2.75) is 231 Å². The van der Waals surface area contributed by atoms with Crippen molar-refractivity contribution in [2.24, 2.45) is 29.6 Å². The van der Waals surface area contributed by atoms with Crippen LogP contribution in [-0.2, 0) is 47.3 Å². The normalized spacial score (nSPS) is 37.3. The smallest absolute Gasteiger partial charge is 0.329 e. The van der Waals surface area contributed by atoms with Crippen molar-refractivity contribution in [2.75, 3.05) is 27.9 Å². The van der Waals surface area contributed by atoms with Gasteiger partial charge in [0, 0.05) is 52.0 Å². The molecule has 384 valence electrons. The van der Waals surface area contributed by atoms with E-state index in [1.165, 1.54) is 4.90 Å². The number of Topliss-reactive ketones (excluding diaryl/α,β-unsaturated/α-hetero) is 2. The summed E-state index contributed by atoms with van der Waals surface area (Å²) in [7, 11) is 2.08. The van der Waals surface area contributed by atoms with Gasteiger partial charge < -0.3 is 43.2 Å². The number of ether oxygens (including phenoxy) is 5. The van der Waals surface area contributed by atoms with Gasteiger partial charge in [0.1, 0.15) is 24.0 Å². The van der Waals surface area contributed by atoms with Gasteiger partial charge in [0.15, 0.2) is 0 Å². The summed E-state index contributed by atoms with van der Waals surface area (Å²) in [6.45, 7) is 25.4. The fourth-order valence-electron chi connectivity index (χ4n) is 12.4. The van der Waals surface area contributed by atoms with Crippen molar-refractivity contribution >= 4 is 31.8 Å². The molecular formula is C53H91NO12Si. The number of aliphatic hydroxyl groups is 2. The van der Waals surface area contributed by atoms with Crippen LogP contribution in [0.4, 0.5) is 0 Å². The number of hydrogen-bond donors (Lipinski definition) is 2. The molecule has 0 radical (unpaired) electrons. The molecule has 1 amide bonds. The standard InChI is InChI=1S/C53H91NO12Si/c1-16-19-40-25-34(8)24-35(9)26-46(62-14)49-47(63-15)28-37(11)53(60,65-49)50(57)51(58)54-23-18-17-20-41(54)52(59)64-48(36(10)27-39-21-22-42(55)45(29-39)61-13)38(12)44(30-43(40)56)66-67(31(2)3,32(4)5)33(6)7/h25,27,31-33,35,37-42,44-49,55,60H,16-24,26,28-30H2,1-15H3/b34-25+,36-27?. The first-order valence-electron chi connectivity index (χ1n) is 25.8. The van der Waals surface area contributed by atoms with Gasteiger partial charge in [-0.2, -0.15) is 0 Å². The minimum atomic E-state index is -2.65. The molecule has 0 aromatic rings. The van der Waals surface area contributed by atoms with Crippen LogP contribution in [0.15, 0.2) is 23.3 Å². The van der Waals surface area contributed by atoms with E-state index in [2.05, 4.69) is 74.5 Å². The number of aliphatic hydroxyl groups excluding tert-OH is 1. The number of carbonyl (C=O) groups excluding carboxylic acids is 4. The maximum atomic E-state index is 15.0. The number of fused-ring (bicyclic) bond motifs is 3. The van der Waals surface area contributed by atoms with Crippen LogP contribution in [0, 0.1) is 29.6 Å². The molecule has 14 unspecified atom stereocenters. The third-order valence-electron chi connectivity index (χ3n) is 16.1. The summed E-state index contributed by atoms with van der Waals surface area (Å²) in [6.07, 6.45) is 6.09. The third kappa shape index (κ3) is 13.4. The van der Waals surface area contributed by atoms with Crippen LogP contribution >= 0.6 is 0 Å². The minimum Gasteiger partial charge on any atom is -0.456 e. The summed E-state index contributed by atoms with van der Waals surface area (Å²) in [6, 6.07) is -1.11. The number of hydrogen-bond acceptors (Lipinski definition) is 12. The molecule has 2 bridgehead atoms. The summed E-state index contributed by atoms with van der Waals surface area (Å²) in [5, 5.41) is 23.0. The van der Waals surface area contributed by atoms with Gasteiger partial charge >= 0.3 is 5.97 Å². The lowest BCUT2D eigenvalue weighted by molar-refractivity contribution is -0.302. The van der Waals surface area contributed by atoms with Crippen LogP contribution in [0.3, 0.4) is 0 Å². The SMILES string of the molecule is CCCC1/C=C(\C)CC(C)CC(OC)C2OC(O)(C(=O)C(=O)N3CCCCC3C(=O)OC(C(C)=CC3CCC(O)C(OC)C3)C(C)C(O[Si](C(C)C)(C(C)C)C(C)C)CC1=O)C(C)CC2OC. The second-order valence-electron chi connectivity index (χ2n) is 21.9. The van der Waals surface area contributed by atoms with Crippen molar-refractivity contribution in [1.82, 2.24) is 4.90 Å². The van der Waals surface area contributed by atoms with E-state index in [9.17, 15) is 24.6 Å². The number of piperidine rings is 1. The van der Waals surface area contributed by atoms with Crippen LogP contribution in [0.5, 0.6) is 0 Å². The molecule has 3 heterocycles. The van der Waals surface area contributed by atoms with E-state index in [1.54, 1.807) is 28.3 Å². The summed E-state index contributed by atoms with van der Waals surface area (Å²) in [5.74, 6) is -6.84. The Labute approximate surface area is 404 Å². The van der Waals surface area contributed by atoms with Gasteiger partial charge in [-0.3, -0.25) is 14.4 Å². The average Bonchev–Trinajstić information content (AvgIpc) is 3.28. The number of nitrogens with zero attached hydrogens (tertiary/aromatic N) is 1. The molecule has 67 heavy (non-hydrogen) atoms. The van der Waals surface area contributed by atoms with E-state index in [0.29, 0.717) is 51.4 Å². The Morgan fingerprint density at radius 1 is 0.866 bits per heavy atom. The molecule has 4 rings (SSSR count). The lowest BCUT2D eigenvalue weighted by Crippen LogP contribution is -2.64. The van der Waals surface area contributed by atoms with Gasteiger partial charge in [-0.05, 0) is 112 Å². The maximum Gasteiger partial charge on any atom is 0.329 e. The number of cyclic esters (lactones) is 1. The number of amides is 1. The summed E-state index contributed by atoms with van der Waals surface area (Å²) < 4.78 is 38.3. The van der Waals surface area contributed by atoms with Gasteiger partial charge in [0.05, 0.1) is 30.5 Å². The molecule has 14 heteroatoms. The first kappa shape index (κ1) is 57.3. The molecule has 0 aromatic carbocycles. The zero-order chi connectivity index (χ0) is 50.1. The molecular weight excluding hydrogens is 871 g/mol. The zero-order valence-corrected chi connectivity index (χ0v) is 45.0. The molecule has 4 aliphatic rings. The quantitative estimate of drug-likeness (QED) is 0.0826. The lowest BCUT2D eigenvalue weighted by Gasteiger charge is -2.47. The van der Waals surface area contributed by atoms with Crippen LogP contribution in [-0.4, -0.2) is 129 Å². The van der Waals surface area contributed by atoms with Crippen molar-refractivity contribution in [1.29, 1.82) is 0 Å². The molecule has 13 nitrogen and oxygen atoms in total. The third-order valence-corrected chi connectivity index (χ3v) is 22.2. The predicted octanol–water partition coefficient (Wildman–Crippen LogP) is 9.06. The van der Waals surface area contributed by atoms with E-state index in [0.717, 1.165) is 17.6 Å². The Bertz CT molecular complexity index is 1690. The van der Waals surface area contributed by atoms with Crippen LogP contribution in [0.25, 0.3) is 0 Å². The van der Waals surface area contributed by atoms with Crippen LogP contribution in [0.2, 0.25) is 16.6 Å². The predicted molar refractivity (Wildman–Crippen MR) is 263 cm³/mol. The molecule has 1 aliphatic carbocycles. The van der Waals surface area contributed by atoms with Crippen LogP contribution < -0.4 is 0 Å². The summed E-state index contributed by atoms with van der Waals surface area (Å²) >= 11 is 0. The van der Waals surface area contributed by atoms with Gasteiger partial charge in [0.2, 0.25) is 14.1 Å². The second-order valence-corrected chi connectivity index (χ2v) is 27.3. The monoisotopic (exact) mass is 962 g/mol. The van der Waals surface area contributed by atoms with Gasteiger partial charge in [-0.25, -0.2) is 4.79 Å². The highest BCUT2D eigenvalue weighted by Gasteiger charge is 2.57. The van der Waals surface area contributed by atoms with Gasteiger partial charge in [-0.15, -0.1) is 0 Å². The van der Waals surface area contributed by atoms with E-state index in [1.807, 2.05) is 13.8 Å². The fraction of sp³-hybridized carbons (Fsp3) is 0.849. The summed E-state index contributed by atoms with van der Waals surface area (Å²) in [4.78, 5) is 60.4. The summed E-state index contributed by atoms with van der Waals surface area (Å²) in [5.41, 5.74) is 2.48. The molecule has 3 fully saturated rings. The average molecular weight is 962 g/mol. The number of carbonyl (C=O) groups is 4. The highest BCUT2D eigenvalue weighted by molar-refractivity contribution is 6.77. The molecule has 2 saturated heterocycles. The first-order valence-corrected chi connectivity index (χ1v) is 27.9. The van der Waals surface area contributed by atoms with E-state index in [-0.39, 0.29) is 72.1 Å². The van der Waals surface area contributed by atoms with Crippen LogP contribution in [0.1, 0.15) is 160 Å². The minimum absolute atomic E-state index is 0.0214. The second kappa shape index (κ2) is 25.2. The molecule has 14 atom stereocenters. The number of rotatable bonds is 12. The van der Waals surface area contributed by atoms with E-state index in [4.69, 9.17) is 28.1 Å². The Balaban J connectivity index is 1.95. The topological polar surface area (TPSA) is 167 Å². The maximum absolute atomic E-state index is 15.0. The van der Waals surface area contributed by atoms with Crippen molar-refractivity contribution in [3.63, 3.8) is 0 Å². The van der Waals surface area contributed by atoms with Crippen molar-refractivity contribution in [3.05, 3.63) is 23.3 Å². The van der Waals surface area contributed by atoms with Crippen molar-refractivity contribution in [3.8, 4) is 0 Å². The Kier molecular flexibility index (Phi) is 21.5. The van der Waals surface area contributed by atoms with Gasteiger partial charge in [0.25, 0.3) is 11.7 Å². The molecule has 2 N–H and O–H groups in total. The zero-order valence-electron chi connectivity index (χ0n) is 44.0. The van der Waals surface area contributed by atoms with Crippen molar-refractivity contribution < 1.29 is 57.5 Å². The fourth-order valence-corrected chi connectivity index (χ4v) is 18.0. The Morgan fingerprint density at radius 3 is 2.06 bits per heavy atom.